The molecule has 2 aromatic rings. The second-order valence-electron chi connectivity index (χ2n) is 4.60. The molecule has 0 aliphatic heterocycles. The summed E-state index contributed by atoms with van der Waals surface area (Å²) >= 11 is 0. The number of aliphatic hydroxyl groups is 1. The zero-order valence-corrected chi connectivity index (χ0v) is 11.7. The Labute approximate surface area is 124 Å². The van der Waals surface area contributed by atoms with Crippen molar-refractivity contribution in [1.29, 1.82) is 0 Å². The molecule has 5 heteroatoms. The van der Waals surface area contributed by atoms with E-state index < -0.39 is 0 Å². The summed E-state index contributed by atoms with van der Waals surface area (Å²) in [5, 5.41) is 14.8. The van der Waals surface area contributed by atoms with Crippen molar-refractivity contribution in [2.45, 2.75) is 12.8 Å². The van der Waals surface area contributed by atoms with Crippen molar-refractivity contribution in [1.82, 2.24) is 10.3 Å². The third-order valence-electron chi connectivity index (χ3n) is 2.99. The first-order valence-electron chi connectivity index (χ1n) is 6.96. The smallest absolute Gasteiger partial charge is 0.254 e. The minimum Gasteiger partial charge on any atom is -0.396 e. The maximum atomic E-state index is 12.2. The van der Waals surface area contributed by atoms with E-state index in [1.165, 1.54) is 0 Å². The highest BCUT2D eigenvalue weighted by atomic mass is 16.2. The predicted molar refractivity (Wildman–Crippen MR) is 82.6 cm³/mol. The van der Waals surface area contributed by atoms with Crippen LogP contribution in [0, 0.1) is 0 Å². The van der Waals surface area contributed by atoms with E-state index in [0.717, 1.165) is 17.8 Å². The molecular formula is C16H19N3O2. The Morgan fingerprint density at radius 2 is 1.95 bits per heavy atom. The summed E-state index contributed by atoms with van der Waals surface area (Å²) in [6, 6.07) is 11.4. The van der Waals surface area contributed by atoms with Gasteiger partial charge in [0.25, 0.3) is 5.91 Å². The summed E-state index contributed by atoms with van der Waals surface area (Å²) in [5.74, 6) is -0.167. The molecule has 0 fully saturated rings. The molecule has 0 aliphatic rings. The van der Waals surface area contributed by atoms with E-state index >= 15 is 0 Å². The molecule has 0 spiro atoms. The Balaban J connectivity index is 2.04. The average molecular weight is 285 g/mol. The number of anilines is 2. The quantitative estimate of drug-likeness (QED) is 0.683. The van der Waals surface area contributed by atoms with Crippen molar-refractivity contribution in [3.8, 4) is 0 Å². The van der Waals surface area contributed by atoms with E-state index in [-0.39, 0.29) is 12.5 Å². The van der Waals surface area contributed by atoms with Crippen molar-refractivity contribution in [3.05, 3.63) is 54.4 Å². The van der Waals surface area contributed by atoms with Crippen LogP contribution in [0.3, 0.4) is 0 Å². The third kappa shape index (κ3) is 4.57. The van der Waals surface area contributed by atoms with Crippen LogP contribution in [-0.2, 0) is 0 Å². The highest BCUT2D eigenvalue weighted by molar-refractivity contribution is 5.99. The fourth-order valence-electron chi connectivity index (χ4n) is 1.90. The molecule has 1 heterocycles. The molecule has 0 aliphatic carbocycles. The third-order valence-corrected chi connectivity index (χ3v) is 2.99. The van der Waals surface area contributed by atoms with Gasteiger partial charge in [0.05, 0.1) is 11.3 Å². The number of hydrogen-bond donors (Lipinski definition) is 3. The Morgan fingerprint density at radius 1 is 1.14 bits per heavy atom. The van der Waals surface area contributed by atoms with Gasteiger partial charge in [-0.05, 0) is 31.0 Å². The highest BCUT2D eigenvalue weighted by Gasteiger charge is 2.11. The van der Waals surface area contributed by atoms with Crippen molar-refractivity contribution in [2.75, 3.05) is 18.5 Å². The van der Waals surface area contributed by atoms with Crippen LogP contribution in [0.1, 0.15) is 23.2 Å². The Hall–Kier alpha value is -2.40. The van der Waals surface area contributed by atoms with Gasteiger partial charge in [0.15, 0.2) is 0 Å². The van der Waals surface area contributed by atoms with Gasteiger partial charge < -0.3 is 15.7 Å². The van der Waals surface area contributed by atoms with Gasteiger partial charge in [-0.2, -0.15) is 0 Å². The number of nitrogens with one attached hydrogen (secondary N) is 2. The molecular weight excluding hydrogens is 266 g/mol. The molecule has 0 bridgehead atoms. The minimum atomic E-state index is -0.167. The fraction of sp³-hybridized carbons (Fsp3) is 0.250. The van der Waals surface area contributed by atoms with Crippen molar-refractivity contribution < 1.29 is 9.90 Å². The molecule has 1 aromatic heterocycles. The second kappa shape index (κ2) is 8.01. The number of benzene rings is 1. The van der Waals surface area contributed by atoms with Gasteiger partial charge in [0.1, 0.15) is 0 Å². The van der Waals surface area contributed by atoms with Gasteiger partial charge in [-0.1, -0.05) is 18.2 Å². The number of aromatic nitrogens is 1. The lowest BCUT2D eigenvalue weighted by molar-refractivity contribution is 0.0952. The van der Waals surface area contributed by atoms with E-state index in [1.54, 1.807) is 18.5 Å². The molecule has 3 N–H and O–H groups in total. The normalized spacial score (nSPS) is 10.1. The summed E-state index contributed by atoms with van der Waals surface area (Å²) in [4.78, 5) is 16.2. The SMILES string of the molecule is O=C(NCCCCO)c1cnccc1Nc1ccccc1. The van der Waals surface area contributed by atoms with Crippen molar-refractivity contribution in [2.24, 2.45) is 0 Å². The van der Waals surface area contributed by atoms with Crippen LogP contribution in [0.15, 0.2) is 48.8 Å². The van der Waals surface area contributed by atoms with Crippen LogP contribution < -0.4 is 10.6 Å². The lowest BCUT2D eigenvalue weighted by Crippen LogP contribution is -2.25. The first kappa shape index (κ1) is 15.0. The molecule has 110 valence electrons. The lowest BCUT2D eigenvalue weighted by atomic mass is 10.2. The van der Waals surface area contributed by atoms with Gasteiger partial charge in [-0.15, -0.1) is 0 Å². The van der Waals surface area contributed by atoms with Gasteiger partial charge >= 0.3 is 0 Å². The van der Waals surface area contributed by atoms with Gasteiger partial charge in [0, 0.05) is 31.2 Å². The number of aliphatic hydroxyl groups excluding tert-OH is 1. The Morgan fingerprint density at radius 3 is 2.71 bits per heavy atom. The number of pyridine rings is 1. The molecule has 0 saturated heterocycles. The number of unbranched alkanes of at least 4 members (excludes halogenated alkanes) is 1. The van der Waals surface area contributed by atoms with Crippen molar-refractivity contribution >= 4 is 17.3 Å². The molecule has 2 rings (SSSR count). The highest BCUT2D eigenvalue weighted by Crippen LogP contribution is 2.19. The molecule has 5 nitrogen and oxygen atoms in total. The number of rotatable bonds is 7. The zero-order valence-electron chi connectivity index (χ0n) is 11.7. The molecule has 0 unspecified atom stereocenters. The van der Waals surface area contributed by atoms with Crippen LogP contribution in [0.2, 0.25) is 0 Å². The lowest BCUT2D eigenvalue weighted by Gasteiger charge is -2.11. The van der Waals surface area contributed by atoms with Gasteiger partial charge in [-0.3, -0.25) is 9.78 Å². The van der Waals surface area contributed by atoms with Crippen molar-refractivity contribution in [3.63, 3.8) is 0 Å². The molecule has 21 heavy (non-hydrogen) atoms. The molecule has 0 saturated carbocycles. The Bertz CT molecular complexity index is 573. The fourth-order valence-corrected chi connectivity index (χ4v) is 1.90. The minimum absolute atomic E-state index is 0.142. The predicted octanol–water partition coefficient (Wildman–Crippen LogP) is 2.33. The summed E-state index contributed by atoms with van der Waals surface area (Å²) in [6.45, 7) is 0.683. The van der Waals surface area contributed by atoms with Gasteiger partial charge in [0.2, 0.25) is 0 Å². The summed E-state index contributed by atoms with van der Waals surface area (Å²) in [7, 11) is 0. The summed E-state index contributed by atoms with van der Waals surface area (Å²) in [5.41, 5.74) is 2.14. The van der Waals surface area contributed by atoms with E-state index in [4.69, 9.17) is 5.11 Å². The number of hydrogen-bond acceptors (Lipinski definition) is 4. The monoisotopic (exact) mass is 285 g/mol. The zero-order chi connectivity index (χ0) is 14.9. The summed E-state index contributed by atoms with van der Waals surface area (Å²) < 4.78 is 0. The second-order valence-corrected chi connectivity index (χ2v) is 4.60. The average Bonchev–Trinajstić information content (AvgIpc) is 2.53. The first-order valence-corrected chi connectivity index (χ1v) is 6.96. The maximum Gasteiger partial charge on any atom is 0.254 e. The molecule has 0 atom stereocenters. The van der Waals surface area contributed by atoms with Gasteiger partial charge in [-0.25, -0.2) is 0 Å². The number of para-hydroxylation sites is 1. The van der Waals surface area contributed by atoms with Crippen LogP contribution in [0.25, 0.3) is 0 Å². The number of carbonyl (C=O) groups is 1. The number of nitrogens with zero attached hydrogens (tertiary/aromatic N) is 1. The Kier molecular flexibility index (Phi) is 5.72. The standard InChI is InChI=1S/C16H19N3O2/c20-11-5-4-9-18-16(21)14-12-17-10-8-15(14)19-13-6-2-1-3-7-13/h1-3,6-8,10,12,20H,4-5,9,11H2,(H,17,19)(H,18,21). The van der Waals surface area contributed by atoms with E-state index in [2.05, 4.69) is 15.6 Å². The number of amides is 1. The molecule has 0 radical (unpaired) electrons. The van der Waals surface area contributed by atoms with Crippen LogP contribution in [-0.4, -0.2) is 29.1 Å². The van der Waals surface area contributed by atoms with Crippen LogP contribution >= 0.6 is 0 Å². The number of carbonyl (C=O) groups excluding carboxylic acids is 1. The first-order chi connectivity index (χ1) is 10.3. The van der Waals surface area contributed by atoms with Crippen LogP contribution in [0.4, 0.5) is 11.4 Å². The summed E-state index contributed by atoms with van der Waals surface area (Å²) in [6.07, 6.45) is 4.63. The van der Waals surface area contributed by atoms with E-state index in [1.807, 2.05) is 30.3 Å². The van der Waals surface area contributed by atoms with E-state index in [9.17, 15) is 4.79 Å². The topological polar surface area (TPSA) is 74.2 Å². The molecule has 1 amide bonds. The molecule has 1 aromatic carbocycles. The van der Waals surface area contributed by atoms with Crippen LogP contribution in [0.5, 0.6) is 0 Å². The van der Waals surface area contributed by atoms with E-state index in [0.29, 0.717) is 18.5 Å². The maximum absolute atomic E-state index is 12.2. The largest absolute Gasteiger partial charge is 0.396 e.